The van der Waals surface area contributed by atoms with Crippen LogP contribution < -0.4 is 0 Å². The Kier molecular flexibility index (Phi) is 6.21. The van der Waals surface area contributed by atoms with Gasteiger partial charge in [-0.3, -0.25) is 9.80 Å². The van der Waals surface area contributed by atoms with Crippen LogP contribution in [0.15, 0.2) is 54.6 Å². The SMILES string of the molecule is Fc1cccc(C(Cc2ccccc2)N2CCN(C3CCCCC3)CC2)c1. The quantitative estimate of drug-likeness (QED) is 0.730. The minimum atomic E-state index is -0.133. The summed E-state index contributed by atoms with van der Waals surface area (Å²) in [6.07, 6.45) is 7.88. The molecule has 2 fully saturated rings. The summed E-state index contributed by atoms with van der Waals surface area (Å²) in [6, 6.07) is 18.9. The van der Waals surface area contributed by atoms with E-state index in [9.17, 15) is 4.39 Å². The van der Waals surface area contributed by atoms with E-state index in [0.717, 1.165) is 44.2 Å². The number of nitrogens with zero attached hydrogens (tertiary/aromatic N) is 2. The molecule has 0 N–H and O–H groups in total. The lowest BCUT2D eigenvalue weighted by molar-refractivity contribution is 0.0559. The van der Waals surface area contributed by atoms with Gasteiger partial charge in [-0.1, -0.05) is 61.7 Å². The summed E-state index contributed by atoms with van der Waals surface area (Å²) in [5, 5.41) is 0. The highest BCUT2D eigenvalue weighted by Crippen LogP contribution is 2.29. The van der Waals surface area contributed by atoms with E-state index in [4.69, 9.17) is 0 Å². The summed E-state index contributed by atoms with van der Waals surface area (Å²) >= 11 is 0. The summed E-state index contributed by atoms with van der Waals surface area (Å²) in [4.78, 5) is 5.28. The molecule has 1 heterocycles. The maximum Gasteiger partial charge on any atom is 0.123 e. The first kappa shape index (κ1) is 18.6. The van der Waals surface area contributed by atoms with E-state index in [1.807, 2.05) is 6.07 Å². The van der Waals surface area contributed by atoms with E-state index in [1.165, 1.54) is 37.7 Å². The predicted octanol–water partition coefficient (Wildman–Crippen LogP) is 5.06. The van der Waals surface area contributed by atoms with Gasteiger partial charge in [-0.05, 0) is 42.5 Å². The van der Waals surface area contributed by atoms with Crippen LogP contribution in [-0.2, 0) is 6.42 Å². The zero-order valence-corrected chi connectivity index (χ0v) is 16.2. The number of benzene rings is 2. The Morgan fingerprint density at radius 2 is 1.59 bits per heavy atom. The maximum atomic E-state index is 13.9. The van der Waals surface area contributed by atoms with Crippen molar-refractivity contribution >= 4 is 0 Å². The van der Waals surface area contributed by atoms with Crippen LogP contribution in [0.3, 0.4) is 0 Å². The average Bonchev–Trinajstić information content (AvgIpc) is 2.74. The topological polar surface area (TPSA) is 6.48 Å². The van der Waals surface area contributed by atoms with Crippen molar-refractivity contribution < 1.29 is 4.39 Å². The van der Waals surface area contributed by atoms with E-state index in [-0.39, 0.29) is 11.9 Å². The summed E-state index contributed by atoms with van der Waals surface area (Å²) in [5.41, 5.74) is 2.42. The van der Waals surface area contributed by atoms with Crippen molar-refractivity contribution in [1.29, 1.82) is 0 Å². The average molecular weight is 367 g/mol. The van der Waals surface area contributed by atoms with Gasteiger partial charge in [-0.25, -0.2) is 4.39 Å². The van der Waals surface area contributed by atoms with Crippen molar-refractivity contribution in [3.05, 3.63) is 71.5 Å². The van der Waals surface area contributed by atoms with Gasteiger partial charge in [0, 0.05) is 38.3 Å². The minimum Gasteiger partial charge on any atom is -0.298 e. The fraction of sp³-hybridized carbons (Fsp3) is 0.500. The maximum absolute atomic E-state index is 13.9. The third-order valence-electron chi connectivity index (χ3n) is 6.39. The van der Waals surface area contributed by atoms with Gasteiger partial charge in [0.25, 0.3) is 0 Å². The second-order valence-corrected chi connectivity index (χ2v) is 8.12. The molecule has 2 aromatic rings. The molecule has 1 aliphatic heterocycles. The number of halogens is 1. The van der Waals surface area contributed by atoms with Crippen LogP contribution in [0.5, 0.6) is 0 Å². The lowest BCUT2D eigenvalue weighted by Gasteiger charge is -2.43. The minimum absolute atomic E-state index is 0.133. The third kappa shape index (κ3) is 4.77. The molecular weight excluding hydrogens is 335 g/mol. The fourth-order valence-corrected chi connectivity index (χ4v) is 4.87. The summed E-state index contributed by atoms with van der Waals surface area (Å²) in [5.74, 6) is -0.133. The molecule has 1 saturated carbocycles. The number of hydrogen-bond donors (Lipinski definition) is 0. The van der Waals surface area contributed by atoms with Crippen molar-refractivity contribution in [3.8, 4) is 0 Å². The van der Waals surface area contributed by atoms with Crippen LogP contribution >= 0.6 is 0 Å². The standard InChI is InChI=1S/C24H31FN2/c25-22-11-7-10-21(19-22)24(18-20-8-3-1-4-9-20)27-16-14-26(15-17-27)23-12-5-2-6-13-23/h1,3-4,7-11,19,23-24H,2,5-6,12-18H2. The molecule has 4 rings (SSSR count). The molecule has 2 aromatic carbocycles. The molecule has 2 nitrogen and oxygen atoms in total. The first-order valence-electron chi connectivity index (χ1n) is 10.6. The van der Waals surface area contributed by atoms with Crippen LogP contribution in [0, 0.1) is 5.82 Å². The van der Waals surface area contributed by atoms with Crippen LogP contribution in [0.25, 0.3) is 0 Å². The lowest BCUT2D eigenvalue weighted by Crippen LogP contribution is -2.51. The first-order chi connectivity index (χ1) is 13.3. The normalized spacial score (nSPS) is 21.2. The van der Waals surface area contributed by atoms with Gasteiger partial charge in [0.2, 0.25) is 0 Å². The zero-order valence-electron chi connectivity index (χ0n) is 16.2. The Labute approximate surface area is 163 Å². The molecule has 1 atom stereocenters. The van der Waals surface area contributed by atoms with Crippen molar-refractivity contribution in [2.75, 3.05) is 26.2 Å². The van der Waals surface area contributed by atoms with E-state index < -0.39 is 0 Å². The largest absolute Gasteiger partial charge is 0.298 e. The van der Waals surface area contributed by atoms with Gasteiger partial charge >= 0.3 is 0 Å². The van der Waals surface area contributed by atoms with Crippen molar-refractivity contribution in [3.63, 3.8) is 0 Å². The molecule has 1 aliphatic carbocycles. The van der Waals surface area contributed by atoms with Gasteiger partial charge in [0.15, 0.2) is 0 Å². The zero-order chi connectivity index (χ0) is 18.5. The Morgan fingerprint density at radius 3 is 2.30 bits per heavy atom. The van der Waals surface area contributed by atoms with Crippen LogP contribution in [0.1, 0.15) is 49.3 Å². The highest BCUT2D eigenvalue weighted by atomic mass is 19.1. The monoisotopic (exact) mass is 366 g/mol. The lowest BCUT2D eigenvalue weighted by atomic mass is 9.93. The van der Waals surface area contributed by atoms with Gasteiger partial charge in [-0.15, -0.1) is 0 Å². The number of hydrogen-bond acceptors (Lipinski definition) is 2. The van der Waals surface area contributed by atoms with Crippen molar-refractivity contribution in [2.45, 2.75) is 50.6 Å². The van der Waals surface area contributed by atoms with Gasteiger partial charge in [-0.2, -0.15) is 0 Å². The number of rotatable bonds is 5. The molecule has 0 aromatic heterocycles. The van der Waals surface area contributed by atoms with E-state index in [2.05, 4.69) is 46.2 Å². The molecular formula is C24H31FN2. The Morgan fingerprint density at radius 1 is 0.852 bits per heavy atom. The van der Waals surface area contributed by atoms with Crippen LogP contribution in [0.2, 0.25) is 0 Å². The predicted molar refractivity (Wildman–Crippen MR) is 109 cm³/mol. The van der Waals surface area contributed by atoms with Gasteiger partial charge < -0.3 is 0 Å². The van der Waals surface area contributed by atoms with E-state index in [1.54, 1.807) is 12.1 Å². The van der Waals surface area contributed by atoms with Crippen molar-refractivity contribution in [1.82, 2.24) is 9.80 Å². The first-order valence-corrected chi connectivity index (χ1v) is 10.6. The van der Waals surface area contributed by atoms with Gasteiger partial charge in [0.05, 0.1) is 0 Å². The summed E-state index contributed by atoms with van der Waals surface area (Å²) in [6.45, 7) is 4.44. The highest BCUT2D eigenvalue weighted by molar-refractivity contribution is 5.25. The highest BCUT2D eigenvalue weighted by Gasteiger charge is 2.29. The molecule has 0 bridgehead atoms. The molecule has 0 spiro atoms. The van der Waals surface area contributed by atoms with Gasteiger partial charge in [0.1, 0.15) is 5.82 Å². The molecule has 2 aliphatic rings. The Hall–Kier alpha value is -1.71. The van der Waals surface area contributed by atoms with E-state index in [0.29, 0.717) is 0 Å². The molecule has 27 heavy (non-hydrogen) atoms. The summed E-state index contributed by atoms with van der Waals surface area (Å²) in [7, 11) is 0. The fourth-order valence-electron chi connectivity index (χ4n) is 4.87. The molecule has 1 unspecified atom stereocenters. The van der Waals surface area contributed by atoms with Crippen LogP contribution in [0.4, 0.5) is 4.39 Å². The molecule has 144 valence electrons. The molecule has 0 amide bonds. The second-order valence-electron chi connectivity index (χ2n) is 8.12. The second kappa shape index (κ2) is 8.99. The molecule has 1 saturated heterocycles. The van der Waals surface area contributed by atoms with Crippen molar-refractivity contribution in [2.24, 2.45) is 0 Å². The smallest absolute Gasteiger partial charge is 0.123 e. The molecule has 0 radical (unpaired) electrons. The number of piperazine rings is 1. The van der Waals surface area contributed by atoms with E-state index >= 15 is 0 Å². The Balaban J connectivity index is 1.47. The Bertz CT molecular complexity index is 703. The molecule has 3 heteroatoms. The summed E-state index contributed by atoms with van der Waals surface area (Å²) < 4.78 is 13.9. The van der Waals surface area contributed by atoms with Crippen LogP contribution in [-0.4, -0.2) is 42.0 Å². The third-order valence-corrected chi connectivity index (χ3v) is 6.39.